The predicted molar refractivity (Wildman–Crippen MR) is 80.3 cm³/mol. The van der Waals surface area contributed by atoms with Gasteiger partial charge in [-0.25, -0.2) is 4.79 Å². The average molecular weight is 315 g/mol. The van der Waals surface area contributed by atoms with E-state index in [0.717, 1.165) is 0 Å². The van der Waals surface area contributed by atoms with E-state index in [2.05, 4.69) is 4.99 Å². The van der Waals surface area contributed by atoms with Crippen LogP contribution in [-0.4, -0.2) is 75.7 Å². The van der Waals surface area contributed by atoms with Gasteiger partial charge in [-0.3, -0.25) is 9.69 Å². The smallest absolute Gasteiger partial charge is 0.410 e. The van der Waals surface area contributed by atoms with E-state index in [4.69, 9.17) is 4.74 Å². The fraction of sp³-hybridized carbons (Fsp3) is 0.769. The van der Waals surface area contributed by atoms with Gasteiger partial charge in [0, 0.05) is 19.6 Å². The minimum Gasteiger partial charge on any atom is -0.444 e. The first-order valence-electron chi connectivity index (χ1n) is 6.90. The average Bonchev–Trinajstić information content (AvgIpc) is 2.82. The third kappa shape index (κ3) is 4.10. The number of nitrogens with zero attached hydrogens (tertiary/aromatic N) is 3. The molecule has 0 aromatic heterocycles. The van der Waals surface area contributed by atoms with Gasteiger partial charge in [0.2, 0.25) is 0 Å². The second-order valence-electron chi connectivity index (χ2n) is 6.03. The van der Waals surface area contributed by atoms with Crippen molar-refractivity contribution in [3.63, 3.8) is 0 Å². The summed E-state index contributed by atoms with van der Waals surface area (Å²) in [7, 11) is 0. The van der Waals surface area contributed by atoms with Crippen molar-refractivity contribution in [3.8, 4) is 0 Å². The van der Waals surface area contributed by atoms with Crippen LogP contribution in [0.2, 0.25) is 0 Å². The molecule has 1 atom stereocenters. The lowest BCUT2D eigenvalue weighted by Gasteiger charge is -2.41. The second kappa shape index (κ2) is 6.23. The van der Waals surface area contributed by atoms with Crippen molar-refractivity contribution in [2.45, 2.75) is 32.4 Å². The first kappa shape index (κ1) is 16.1. The first-order chi connectivity index (χ1) is 9.80. The molecule has 0 aliphatic carbocycles. The fourth-order valence-corrected chi connectivity index (χ4v) is 3.04. The zero-order chi connectivity index (χ0) is 15.6. The van der Waals surface area contributed by atoms with Gasteiger partial charge in [-0.05, 0) is 20.8 Å². The van der Waals surface area contributed by atoms with Gasteiger partial charge in [-0.1, -0.05) is 11.8 Å². The molecule has 21 heavy (non-hydrogen) atoms. The Kier molecular flexibility index (Phi) is 4.77. The molecule has 1 saturated heterocycles. The zero-order valence-electron chi connectivity index (χ0n) is 12.5. The third-order valence-corrected chi connectivity index (χ3v) is 4.14. The van der Waals surface area contributed by atoms with Crippen molar-refractivity contribution < 1.29 is 19.4 Å². The Morgan fingerprint density at radius 1 is 1.48 bits per heavy atom. The quantitative estimate of drug-likeness (QED) is 0.760. The second-order valence-corrected chi connectivity index (χ2v) is 6.98. The fourth-order valence-electron chi connectivity index (χ4n) is 2.21. The number of carbonyl (C=O) groups excluding carboxylic acids is 2. The lowest BCUT2D eigenvalue weighted by molar-refractivity contribution is -0.115. The normalized spacial score (nSPS) is 23.3. The Morgan fingerprint density at radius 2 is 2.19 bits per heavy atom. The summed E-state index contributed by atoms with van der Waals surface area (Å²) >= 11 is 1.40. The van der Waals surface area contributed by atoms with Gasteiger partial charge in [0.15, 0.2) is 5.17 Å². The van der Waals surface area contributed by atoms with Crippen LogP contribution >= 0.6 is 11.8 Å². The van der Waals surface area contributed by atoms with E-state index in [9.17, 15) is 14.7 Å². The minimum atomic E-state index is -0.563. The van der Waals surface area contributed by atoms with Crippen LogP contribution in [0.3, 0.4) is 0 Å². The number of amides is 2. The van der Waals surface area contributed by atoms with Crippen molar-refractivity contribution >= 4 is 28.9 Å². The van der Waals surface area contributed by atoms with E-state index in [1.807, 2.05) is 25.7 Å². The molecule has 0 bridgehead atoms. The molecule has 0 aromatic rings. The Labute approximate surface area is 128 Å². The molecule has 0 unspecified atom stereocenters. The van der Waals surface area contributed by atoms with Crippen LogP contribution < -0.4 is 0 Å². The van der Waals surface area contributed by atoms with E-state index < -0.39 is 11.7 Å². The molecule has 2 heterocycles. The summed E-state index contributed by atoms with van der Waals surface area (Å²) in [5, 5.41) is 10.2. The maximum absolute atomic E-state index is 12.1. The van der Waals surface area contributed by atoms with Crippen molar-refractivity contribution in [1.29, 1.82) is 0 Å². The summed E-state index contributed by atoms with van der Waals surface area (Å²) in [6.07, 6.45) is -0.418. The Balaban J connectivity index is 2.00. The monoisotopic (exact) mass is 315 g/mol. The van der Waals surface area contributed by atoms with Gasteiger partial charge in [0.25, 0.3) is 5.91 Å². The summed E-state index contributed by atoms with van der Waals surface area (Å²) in [6, 6.07) is -0.354. The lowest BCUT2D eigenvalue weighted by Crippen LogP contribution is -2.58. The largest absolute Gasteiger partial charge is 0.444 e. The van der Waals surface area contributed by atoms with Crippen LogP contribution in [0.4, 0.5) is 4.79 Å². The van der Waals surface area contributed by atoms with E-state index >= 15 is 0 Å². The highest BCUT2D eigenvalue weighted by Crippen LogP contribution is 2.21. The number of piperazine rings is 1. The number of hydrogen-bond acceptors (Lipinski definition) is 6. The van der Waals surface area contributed by atoms with Crippen molar-refractivity contribution in [3.05, 3.63) is 0 Å². The molecule has 0 aromatic carbocycles. The molecule has 8 heteroatoms. The Morgan fingerprint density at radius 3 is 2.71 bits per heavy atom. The summed E-state index contributed by atoms with van der Waals surface area (Å²) in [5.74, 6) is 0.232. The summed E-state index contributed by atoms with van der Waals surface area (Å²) in [4.78, 5) is 30.8. The Hall–Kier alpha value is -1.28. The highest BCUT2D eigenvalue weighted by molar-refractivity contribution is 8.14. The molecule has 2 rings (SSSR count). The molecule has 2 aliphatic rings. The SMILES string of the molecule is CC(C)(C)OC(=O)N1CCN(C2=NC(=O)CS2)C[C@@H]1CO. The molecular weight excluding hydrogens is 294 g/mol. The number of rotatable bonds is 1. The van der Waals surface area contributed by atoms with E-state index in [0.29, 0.717) is 30.6 Å². The topological polar surface area (TPSA) is 82.4 Å². The maximum atomic E-state index is 12.1. The third-order valence-electron chi connectivity index (χ3n) is 3.14. The van der Waals surface area contributed by atoms with Crippen LogP contribution in [-0.2, 0) is 9.53 Å². The number of aliphatic hydroxyl groups is 1. The van der Waals surface area contributed by atoms with Crippen LogP contribution in [0.1, 0.15) is 20.8 Å². The molecule has 1 N–H and O–H groups in total. The van der Waals surface area contributed by atoms with Crippen molar-refractivity contribution in [1.82, 2.24) is 9.80 Å². The van der Waals surface area contributed by atoms with Gasteiger partial charge in [0.1, 0.15) is 5.60 Å². The molecule has 0 spiro atoms. The van der Waals surface area contributed by atoms with E-state index in [1.165, 1.54) is 11.8 Å². The molecule has 118 valence electrons. The predicted octanol–water partition coefficient (Wildman–Crippen LogP) is 0.529. The molecular formula is C13H21N3O4S. The molecule has 0 radical (unpaired) electrons. The molecule has 7 nitrogen and oxygen atoms in total. The minimum absolute atomic E-state index is 0.134. The Bertz CT molecular complexity index is 461. The summed E-state index contributed by atoms with van der Waals surface area (Å²) in [5.41, 5.74) is -0.563. The number of thioether (sulfide) groups is 1. The molecule has 2 aliphatic heterocycles. The number of aliphatic hydroxyl groups excluding tert-OH is 1. The number of aliphatic imine (C=N–C) groups is 1. The molecule has 2 amide bonds. The molecule has 0 saturated carbocycles. The van der Waals surface area contributed by atoms with Crippen LogP contribution in [0.25, 0.3) is 0 Å². The number of hydrogen-bond donors (Lipinski definition) is 1. The van der Waals surface area contributed by atoms with Crippen LogP contribution in [0.5, 0.6) is 0 Å². The highest BCUT2D eigenvalue weighted by Gasteiger charge is 2.35. The van der Waals surface area contributed by atoms with E-state index in [1.54, 1.807) is 4.90 Å². The number of amidine groups is 1. The van der Waals surface area contributed by atoms with E-state index in [-0.39, 0.29) is 18.6 Å². The van der Waals surface area contributed by atoms with Gasteiger partial charge < -0.3 is 14.7 Å². The first-order valence-corrected chi connectivity index (χ1v) is 7.88. The number of ether oxygens (including phenoxy) is 1. The van der Waals surface area contributed by atoms with Gasteiger partial charge in [0.05, 0.1) is 18.4 Å². The molecule has 1 fully saturated rings. The van der Waals surface area contributed by atoms with Crippen LogP contribution in [0.15, 0.2) is 4.99 Å². The van der Waals surface area contributed by atoms with Crippen molar-refractivity contribution in [2.24, 2.45) is 4.99 Å². The summed E-state index contributed by atoms with van der Waals surface area (Å²) < 4.78 is 5.35. The van der Waals surface area contributed by atoms with Gasteiger partial charge in [-0.2, -0.15) is 4.99 Å². The lowest BCUT2D eigenvalue weighted by atomic mass is 10.2. The van der Waals surface area contributed by atoms with Gasteiger partial charge in [-0.15, -0.1) is 0 Å². The number of carbonyl (C=O) groups is 2. The standard InChI is InChI=1S/C13H21N3O4S/c1-13(2,3)20-12(19)16-5-4-15(6-9(16)7-17)11-14-10(18)8-21-11/h9,17H,4-8H2,1-3H3/t9-/m1/s1. The van der Waals surface area contributed by atoms with Crippen molar-refractivity contribution in [2.75, 3.05) is 32.0 Å². The van der Waals surface area contributed by atoms with Crippen LogP contribution in [0, 0.1) is 0 Å². The highest BCUT2D eigenvalue weighted by atomic mass is 32.2. The van der Waals surface area contributed by atoms with Gasteiger partial charge >= 0.3 is 6.09 Å². The maximum Gasteiger partial charge on any atom is 0.410 e. The summed E-state index contributed by atoms with van der Waals surface area (Å²) in [6.45, 7) is 6.75. The zero-order valence-corrected chi connectivity index (χ0v) is 13.4.